The lowest BCUT2D eigenvalue weighted by atomic mass is 10.1. The lowest BCUT2D eigenvalue weighted by molar-refractivity contribution is -0.388. The molecule has 0 aromatic carbocycles. The number of nitrogens with zero attached hydrogens (tertiary/aromatic N) is 3. The second-order valence-electron chi connectivity index (χ2n) is 6.52. The molecule has 23 heavy (non-hydrogen) atoms. The number of rotatable bonds is 3. The first-order valence-corrected chi connectivity index (χ1v) is 7.60. The second-order valence-corrected chi connectivity index (χ2v) is 6.52. The monoisotopic (exact) mass is 322 g/mol. The minimum atomic E-state index is -0.511. The highest BCUT2D eigenvalue weighted by Crippen LogP contribution is 2.24. The number of hydrogen-bond acceptors (Lipinski definition) is 6. The van der Waals surface area contributed by atoms with E-state index in [2.05, 4.69) is 10.3 Å². The molecule has 2 rings (SSSR count). The van der Waals surface area contributed by atoms with Crippen LogP contribution in [0.3, 0.4) is 0 Å². The summed E-state index contributed by atoms with van der Waals surface area (Å²) in [5, 5.41) is 14.1. The number of anilines is 1. The number of nitrogens with one attached hydrogen (secondary N) is 1. The Balaban J connectivity index is 1.91. The SMILES string of the molecule is CC(C)(C)OC(=O)N1CCC(Nc2cccnc2[N+](=O)[O-])CC1. The third kappa shape index (κ3) is 4.80. The fourth-order valence-corrected chi connectivity index (χ4v) is 2.41. The summed E-state index contributed by atoms with van der Waals surface area (Å²) in [7, 11) is 0. The molecule has 126 valence electrons. The van der Waals surface area contributed by atoms with E-state index in [0.29, 0.717) is 31.6 Å². The molecule has 1 aliphatic heterocycles. The van der Waals surface area contributed by atoms with Gasteiger partial charge in [-0.05, 0) is 55.7 Å². The van der Waals surface area contributed by atoms with E-state index in [1.165, 1.54) is 6.20 Å². The van der Waals surface area contributed by atoms with Crippen molar-refractivity contribution in [3.05, 3.63) is 28.4 Å². The lowest BCUT2D eigenvalue weighted by Crippen LogP contribution is -2.44. The molecule has 0 radical (unpaired) electrons. The molecule has 0 aliphatic carbocycles. The molecule has 1 fully saturated rings. The molecule has 1 aromatic rings. The maximum atomic E-state index is 12.0. The smallest absolute Gasteiger partial charge is 0.410 e. The molecule has 0 atom stereocenters. The Kier molecular flexibility index (Phi) is 5.02. The van der Waals surface area contributed by atoms with Gasteiger partial charge < -0.3 is 25.1 Å². The number of likely N-dealkylation sites (tertiary alicyclic amines) is 1. The number of nitro groups is 1. The first kappa shape index (κ1) is 17.0. The van der Waals surface area contributed by atoms with Crippen LogP contribution in [0, 0.1) is 10.1 Å². The summed E-state index contributed by atoms with van der Waals surface area (Å²) in [6, 6.07) is 3.37. The zero-order valence-electron chi connectivity index (χ0n) is 13.6. The molecule has 1 aromatic heterocycles. The minimum Gasteiger partial charge on any atom is -0.444 e. The minimum absolute atomic E-state index is 0.0663. The molecule has 0 spiro atoms. The van der Waals surface area contributed by atoms with Crippen LogP contribution in [-0.4, -0.2) is 45.6 Å². The number of carbonyl (C=O) groups excluding carboxylic acids is 1. The standard InChI is InChI=1S/C15H22N4O4/c1-15(2,3)23-14(20)18-9-6-11(7-10-18)17-12-5-4-8-16-13(12)19(21)22/h4-5,8,11,17H,6-7,9-10H2,1-3H3. The van der Waals surface area contributed by atoms with Gasteiger partial charge in [-0.25, -0.2) is 4.79 Å². The third-order valence-electron chi connectivity index (χ3n) is 3.47. The quantitative estimate of drug-likeness (QED) is 0.679. The van der Waals surface area contributed by atoms with Crippen molar-refractivity contribution in [3.8, 4) is 0 Å². The van der Waals surface area contributed by atoms with Crippen LogP contribution in [0.4, 0.5) is 16.3 Å². The van der Waals surface area contributed by atoms with E-state index in [1.807, 2.05) is 20.8 Å². The highest BCUT2D eigenvalue weighted by Gasteiger charge is 2.27. The van der Waals surface area contributed by atoms with E-state index in [-0.39, 0.29) is 18.0 Å². The first-order chi connectivity index (χ1) is 10.8. The maximum absolute atomic E-state index is 12.0. The Labute approximate surface area is 135 Å². The first-order valence-electron chi connectivity index (χ1n) is 7.60. The largest absolute Gasteiger partial charge is 0.444 e. The highest BCUT2D eigenvalue weighted by atomic mass is 16.6. The summed E-state index contributed by atoms with van der Waals surface area (Å²) >= 11 is 0. The van der Waals surface area contributed by atoms with Crippen molar-refractivity contribution in [2.24, 2.45) is 0 Å². The van der Waals surface area contributed by atoms with Crippen LogP contribution in [0.5, 0.6) is 0 Å². The molecule has 0 unspecified atom stereocenters. The van der Waals surface area contributed by atoms with E-state index in [1.54, 1.807) is 17.0 Å². The van der Waals surface area contributed by atoms with Gasteiger partial charge in [0.1, 0.15) is 17.5 Å². The van der Waals surface area contributed by atoms with Gasteiger partial charge in [0.05, 0.1) is 0 Å². The number of hydrogen-bond donors (Lipinski definition) is 1. The Morgan fingerprint density at radius 1 is 1.43 bits per heavy atom. The molecule has 2 heterocycles. The Bertz CT molecular complexity index is 577. The van der Waals surface area contributed by atoms with Crippen LogP contribution in [0.2, 0.25) is 0 Å². The van der Waals surface area contributed by atoms with E-state index in [9.17, 15) is 14.9 Å². The van der Waals surface area contributed by atoms with Gasteiger partial charge in [0.2, 0.25) is 0 Å². The number of carbonyl (C=O) groups is 1. The van der Waals surface area contributed by atoms with E-state index in [4.69, 9.17) is 4.74 Å². The molecular weight excluding hydrogens is 300 g/mol. The third-order valence-corrected chi connectivity index (χ3v) is 3.47. The molecule has 1 aliphatic rings. The molecule has 8 nitrogen and oxygen atoms in total. The molecule has 1 saturated heterocycles. The van der Waals surface area contributed by atoms with Crippen molar-refractivity contribution < 1.29 is 14.5 Å². The van der Waals surface area contributed by atoms with Crippen LogP contribution >= 0.6 is 0 Å². The van der Waals surface area contributed by atoms with E-state index < -0.39 is 10.5 Å². The van der Waals surface area contributed by atoms with E-state index >= 15 is 0 Å². The highest BCUT2D eigenvalue weighted by molar-refractivity contribution is 5.68. The number of pyridine rings is 1. The van der Waals surface area contributed by atoms with Crippen LogP contribution < -0.4 is 5.32 Å². The molecule has 1 N–H and O–H groups in total. The van der Waals surface area contributed by atoms with Gasteiger partial charge in [-0.15, -0.1) is 0 Å². The Morgan fingerprint density at radius 3 is 2.65 bits per heavy atom. The van der Waals surface area contributed by atoms with Crippen molar-refractivity contribution >= 4 is 17.6 Å². The summed E-state index contributed by atoms with van der Waals surface area (Å²) in [4.78, 5) is 27.9. The fraction of sp³-hybridized carbons (Fsp3) is 0.600. The van der Waals surface area contributed by atoms with Gasteiger partial charge in [-0.1, -0.05) is 0 Å². The van der Waals surface area contributed by atoms with Crippen LogP contribution in [0.1, 0.15) is 33.6 Å². The Morgan fingerprint density at radius 2 is 2.09 bits per heavy atom. The normalized spacial score (nSPS) is 16.0. The Hall–Kier alpha value is -2.38. The number of ether oxygens (including phenoxy) is 1. The van der Waals surface area contributed by atoms with Gasteiger partial charge in [-0.2, -0.15) is 0 Å². The van der Waals surface area contributed by atoms with Gasteiger partial charge >= 0.3 is 11.9 Å². The van der Waals surface area contributed by atoms with Crippen LogP contribution in [-0.2, 0) is 4.74 Å². The second kappa shape index (κ2) is 6.80. The summed E-state index contributed by atoms with van der Waals surface area (Å²) < 4.78 is 5.35. The number of amides is 1. The van der Waals surface area contributed by atoms with E-state index in [0.717, 1.165) is 0 Å². The predicted molar refractivity (Wildman–Crippen MR) is 85.3 cm³/mol. The topological polar surface area (TPSA) is 97.6 Å². The lowest BCUT2D eigenvalue weighted by Gasteiger charge is -2.33. The predicted octanol–water partition coefficient (Wildman–Crippen LogP) is 2.80. The van der Waals surface area contributed by atoms with Gasteiger partial charge in [0.25, 0.3) is 0 Å². The molecule has 1 amide bonds. The summed E-state index contributed by atoms with van der Waals surface area (Å²) in [5.41, 5.74) is -0.101. The number of aromatic nitrogens is 1. The summed E-state index contributed by atoms with van der Waals surface area (Å²) in [5.74, 6) is -0.179. The maximum Gasteiger partial charge on any atom is 0.410 e. The molecular formula is C15H22N4O4. The van der Waals surface area contributed by atoms with Gasteiger partial charge in [-0.3, -0.25) is 0 Å². The number of piperidine rings is 1. The van der Waals surface area contributed by atoms with Crippen LogP contribution in [0.25, 0.3) is 0 Å². The fourth-order valence-electron chi connectivity index (χ4n) is 2.41. The van der Waals surface area contributed by atoms with Gasteiger partial charge in [0.15, 0.2) is 0 Å². The average Bonchev–Trinajstić information content (AvgIpc) is 2.46. The average molecular weight is 322 g/mol. The molecule has 0 bridgehead atoms. The van der Waals surface area contributed by atoms with Crippen molar-refractivity contribution in [2.75, 3.05) is 18.4 Å². The molecule has 8 heteroatoms. The summed E-state index contributed by atoms with van der Waals surface area (Å²) in [6.45, 7) is 6.61. The van der Waals surface area contributed by atoms with Crippen LogP contribution in [0.15, 0.2) is 18.3 Å². The molecule has 0 saturated carbocycles. The van der Waals surface area contributed by atoms with Gasteiger partial charge in [0, 0.05) is 19.1 Å². The van der Waals surface area contributed by atoms with Crippen molar-refractivity contribution in [3.63, 3.8) is 0 Å². The van der Waals surface area contributed by atoms with Crippen molar-refractivity contribution in [1.82, 2.24) is 9.88 Å². The zero-order chi connectivity index (χ0) is 17.0. The van der Waals surface area contributed by atoms with Crippen molar-refractivity contribution in [2.45, 2.75) is 45.3 Å². The van der Waals surface area contributed by atoms with Crippen molar-refractivity contribution in [1.29, 1.82) is 0 Å². The summed E-state index contributed by atoms with van der Waals surface area (Å²) in [6.07, 6.45) is 2.48. The zero-order valence-corrected chi connectivity index (χ0v) is 13.6.